The van der Waals surface area contributed by atoms with Crippen LogP contribution in [0.15, 0.2) is 18.2 Å². The molecular formula is C19H25NO5. The number of likely N-dealkylation sites (tertiary alicyclic amines) is 1. The Morgan fingerprint density at radius 3 is 3.12 bits per heavy atom. The average Bonchev–Trinajstić information content (AvgIpc) is 3.13. The van der Waals surface area contributed by atoms with Crippen LogP contribution in [0.5, 0.6) is 11.5 Å². The fraction of sp³-hybridized carbons (Fsp3) is 0.632. The minimum atomic E-state index is -0.0848. The number of amides is 1. The van der Waals surface area contributed by atoms with E-state index in [1.807, 2.05) is 24.0 Å². The largest absolute Gasteiger partial charge is 0.454 e. The molecule has 3 aliphatic rings. The molecule has 0 saturated carbocycles. The Morgan fingerprint density at radius 1 is 1.36 bits per heavy atom. The highest BCUT2D eigenvalue weighted by molar-refractivity contribution is 5.95. The van der Waals surface area contributed by atoms with Crippen molar-refractivity contribution in [2.75, 3.05) is 39.7 Å². The zero-order chi connectivity index (χ0) is 17.3. The summed E-state index contributed by atoms with van der Waals surface area (Å²) in [5, 5.41) is 0. The Balaban J connectivity index is 1.53. The maximum absolute atomic E-state index is 13.0. The molecule has 136 valence electrons. The third-order valence-electron chi connectivity index (χ3n) is 5.49. The number of carbonyl (C=O) groups is 1. The fourth-order valence-electron chi connectivity index (χ4n) is 4.19. The second-order valence-electron chi connectivity index (χ2n) is 7.05. The number of carbonyl (C=O) groups excluding carboxylic acids is 1. The van der Waals surface area contributed by atoms with Gasteiger partial charge in [0.2, 0.25) is 6.79 Å². The van der Waals surface area contributed by atoms with Gasteiger partial charge in [-0.05, 0) is 44.4 Å². The highest BCUT2D eigenvalue weighted by Crippen LogP contribution is 2.41. The standard InChI is InChI=1S/C19H25NO5/c1-2-22-12-19-7-3-9-23-17(19)6-8-20(11-19)18(21)14-4-5-15-16(10-14)25-13-24-15/h4-5,10,17H,2-3,6-9,11-13H2,1H3/t17-,19+/m1/s1. The first-order valence-corrected chi connectivity index (χ1v) is 9.10. The van der Waals surface area contributed by atoms with Crippen molar-refractivity contribution in [1.29, 1.82) is 0 Å². The summed E-state index contributed by atoms with van der Waals surface area (Å²) in [6.07, 6.45) is 3.12. The Labute approximate surface area is 148 Å². The lowest BCUT2D eigenvalue weighted by molar-refractivity contribution is -0.146. The minimum absolute atomic E-state index is 0.0400. The molecule has 0 unspecified atom stereocenters. The summed E-state index contributed by atoms with van der Waals surface area (Å²) >= 11 is 0. The van der Waals surface area contributed by atoms with Gasteiger partial charge in [0.25, 0.3) is 5.91 Å². The molecule has 6 heteroatoms. The van der Waals surface area contributed by atoms with Crippen molar-refractivity contribution in [3.8, 4) is 11.5 Å². The lowest BCUT2D eigenvalue weighted by Crippen LogP contribution is -2.58. The first-order valence-electron chi connectivity index (χ1n) is 9.10. The number of hydrogen-bond acceptors (Lipinski definition) is 5. The van der Waals surface area contributed by atoms with Crippen LogP contribution in [0.1, 0.15) is 36.5 Å². The normalized spacial score (nSPS) is 27.9. The number of fused-ring (bicyclic) bond motifs is 2. The zero-order valence-corrected chi connectivity index (χ0v) is 14.7. The van der Waals surface area contributed by atoms with E-state index in [1.165, 1.54) is 0 Å². The van der Waals surface area contributed by atoms with Crippen molar-refractivity contribution in [3.63, 3.8) is 0 Å². The molecule has 1 amide bonds. The summed E-state index contributed by atoms with van der Waals surface area (Å²) in [5.74, 6) is 1.38. The Bertz CT molecular complexity index is 649. The van der Waals surface area contributed by atoms with Gasteiger partial charge < -0.3 is 23.8 Å². The van der Waals surface area contributed by atoms with Crippen LogP contribution >= 0.6 is 0 Å². The van der Waals surface area contributed by atoms with Crippen molar-refractivity contribution in [1.82, 2.24) is 4.90 Å². The topological polar surface area (TPSA) is 57.2 Å². The molecule has 2 fully saturated rings. The van der Waals surface area contributed by atoms with E-state index in [9.17, 15) is 4.79 Å². The van der Waals surface area contributed by atoms with Crippen LogP contribution in [-0.2, 0) is 9.47 Å². The number of piperidine rings is 1. The molecule has 1 aromatic carbocycles. The lowest BCUT2D eigenvalue weighted by atomic mass is 9.73. The van der Waals surface area contributed by atoms with Crippen LogP contribution < -0.4 is 9.47 Å². The Morgan fingerprint density at radius 2 is 2.24 bits per heavy atom. The molecule has 0 N–H and O–H groups in total. The van der Waals surface area contributed by atoms with Gasteiger partial charge in [0, 0.05) is 37.3 Å². The molecule has 0 radical (unpaired) electrons. The van der Waals surface area contributed by atoms with Crippen LogP contribution in [0.3, 0.4) is 0 Å². The molecule has 4 rings (SSSR count). The number of hydrogen-bond donors (Lipinski definition) is 0. The van der Waals surface area contributed by atoms with E-state index in [4.69, 9.17) is 18.9 Å². The molecule has 3 heterocycles. The number of rotatable bonds is 4. The van der Waals surface area contributed by atoms with Crippen molar-refractivity contribution >= 4 is 5.91 Å². The van der Waals surface area contributed by atoms with Crippen molar-refractivity contribution in [2.45, 2.75) is 32.3 Å². The van der Waals surface area contributed by atoms with Crippen LogP contribution in [0.25, 0.3) is 0 Å². The van der Waals surface area contributed by atoms with E-state index < -0.39 is 0 Å². The van der Waals surface area contributed by atoms with E-state index in [1.54, 1.807) is 6.07 Å². The molecule has 0 spiro atoms. The van der Waals surface area contributed by atoms with Crippen molar-refractivity contribution in [2.24, 2.45) is 5.41 Å². The van der Waals surface area contributed by atoms with E-state index in [0.29, 0.717) is 43.4 Å². The SMILES string of the molecule is CCOC[C@@]12CCCO[C@@H]1CCN(C(=O)c1ccc3c(c1)OCO3)C2. The molecule has 6 nitrogen and oxygen atoms in total. The van der Waals surface area contributed by atoms with E-state index in [-0.39, 0.29) is 24.2 Å². The van der Waals surface area contributed by atoms with Crippen molar-refractivity contribution < 1.29 is 23.7 Å². The quantitative estimate of drug-likeness (QED) is 0.837. The van der Waals surface area contributed by atoms with Crippen LogP contribution in [0, 0.1) is 5.41 Å². The summed E-state index contributed by atoms with van der Waals surface area (Å²) < 4.78 is 22.5. The molecule has 3 aliphatic heterocycles. The van der Waals surface area contributed by atoms with E-state index in [0.717, 1.165) is 25.9 Å². The zero-order valence-electron chi connectivity index (χ0n) is 14.7. The fourth-order valence-corrected chi connectivity index (χ4v) is 4.19. The van der Waals surface area contributed by atoms with Gasteiger partial charge in [0.1, 0.15) is 0 Å². The number of ether oxygens (including phenoxy) is 4. The summed E-state index contributed by atoms with van der Waals surface area (Å²) in [6.45, 7) is 5.77. The Kier molecular flexibility index (Phi) is 4.56. The highest BCUT2D eigenvalue weighted by Gasteiger charge is 2.47. The van der Waals surface area contributed by atoms with Crippen LogP contribution in [-0.4, -0.2) is 56.6 Å². The maximum atomic E-state index is 13.0. The Hall–Kier alpha value is -1.79. The summed E-state index contributed by atoms with van der Waals surface area (Å²) in [6, 6.07) is 5.40. The average molecular weight is 347 g/mol. The van der Waals surface area contributed by atoms with Gasteiger partial charge in [-0.2, -0.15) is 0 Å². The smallest absolute Gasteiger partial charge is 0.254 e. The molecule has 1 aromatic rings. The third-order valence-corrected chi connectivity index (χ3v) is 5.49. The van der Waals surface area contributed by atoms with Gasteiger partial charge in [-0.25, -0.2) is 0 Å². The van der Waals surface area contributed by atoms with Gasteiger partial charge in [-0.3, -0.25) is 4.79 Å². The summed E-state index contributed by atoms with van der Waals surface area (Å²) in [4.78, 5) is 15.0. The van der Waals surface area contributed by atoms with Gasteiger partial charge in [0.05, 0.1) is 12.7 Å². The summed E-state index contributed by atoms with van der Waals surface area (Å²) in [7, 11) is 0. The predicted octanol–water partition coefficient (Wildman–Crippen LogP) is 2.46. The second-order valence-corrected chi connectivity index (χ2v) is 7.05. The lowest BCUT2D eigenvalue weighted by Gasteiger charge is -2.50. The maximum Gasteiger partial charge on any atom is 0.254 e. The summed E-state index contributed by atoms with van der Waals surface area (Å²) in [5.41, 5.74) is 0.560. The highest BCUT2D eigenvalue weighted by atomic mass is 16.7. The number of benzene rings is 1. The third kappa shape index (κ3) is 3.09. The molecule has 2 saturated heterocycles. The predicted molar refractivity (Wildman–Crippen MR) is 91.0 cm³/mol. The molecule has 2 atom stereocenters. The first-order chi connectivity index (χ1) is 12.2. The molecule has 25 heavy (non-hydrogen) atoms. The van der Waals surface area contributed by atoms with Gasteiger partial charge in [0.15, 0.2) is 11.5 Å². The molecular weight excluding hydrogens is 322 g/mol. The molecule has 0 aliphatic carbocycles. The molecule has 0 aromatic heterocycles. The van der Waals surface area contributed by atoms with Crippen LogP contribution in [0.4, 0.5) is 0 Å². The van der Waals surface area contributed by atoms with E-state index >= 15 is 0 Å². The van der Waals surface area contributed by atoms with Crippen molar-refractivity contribution in [3.05, 3.63) is 23.8 Å². The number of nitrogens with zero attached hydrogens (tertiary/aromatic N) is 1. The minimum Gasteiger partial charge on any atom is -0.454 e. The van der Waals surface area contributed by atoms with Gasteiger partial charge in [-0.1, -0.05) is 0 Å². The van der Waals surface area contributed by atoms with E-state index in [2.05, 4.69) is 0 Å². The van der Waals surface area contributed by atoms with Gasteiger partial charge in [-0.15, -0.1) is 0 Å². The first kappa shape index (κ1) is 16.7. The van der Waals surface area contributed by atoms with Crippen LogP contribution in [0.2, 0.25) is 0 Å². The monoisotopic (exact) mass is 347 g/mol. The molecule has 0 bridgehead atoms. The van der Waals surface area contributed by atoms with Gasteiger partial charge >= 0.3 is 0 Å². The second kappa shape index (κ2) is 6.84.